The first-order chi connectivity index (χ1) is 20.7. The van der Waals surface area contributed by atoms with Crippen LogP contribution in [0.4, 0.5) is 5.69 Å². The van der Waals surface area contributed by atoms with Crippen molar-refractivity contribution < 1.29 is 28.5 Å². The summed E-state index contributed by atoms with van der Waals surface area (Å²) in [6.07, 6.45) is 1.97. The molecular weight excluding hydrogens is 570 g/mol. The number of fused-ring (bicyclic) bond motifs is 1. The van der Waals surface area contributed by atoms with E-state index in [2.05, 4.69) is 13.8 Å². The summed E-state index contributed by atoms with van der Waals surface area (Å²) in [5.74, 6) is 1.20. The van der Waals surface area contributed by atoms with Crippen LogP contribution < -0.4 is 29.4 Å². The smallest absolute Gasteiger partial charge is 0.344 e. The summed E-state index contributed by atoms with van der Waals surface area (Å²) < 4.78 is 21.9. The number of hydrogen-bond donors (Lipinski definition) is 0. The molecule has 0 radical (unpaired) electrons. The summed E-state index contributed by atoms with van der Waals surface area (Å²) in [4.78, 5) is 35.8. The van der Waals surface area contributed by atoms with Crippen LogP contribution in [0.3, 0.4) is 0 Å². The molecule has 228 valence electrons. The second-order valence-corrected chi connectivity index (χ2v) is 11.3. The largest absolute Gasteiger partial charge is 0.493 e. The molecule has 4 rings (SSSR count). The van der Waals surface area contributed by atoms with Crippen LogP contribution in [0.15, 0.2) is 70.6 Å². The van der Waals surface area contributed by atoms with Crippen molar-refractivity contribution in [3.63, 3.8) is 0 Å². The summed E-state index contributed by atoms with van der Waals surface area (Å²) >= 11 is 6.97. The lowest BCUT2D eigenvalue weighted by Crippen LogP contribution is -2.57. The Kier molecular flexibility index (Phi) is 10.4. The quantitative estimate of drug-likeness (QED) is 0.141. The van der Waals surface area contributed by atoms with E-state index in [1.807, 2.05) is 48.5 Å². The lowest BCUT2D eigenvalue weighted by Gasteiger charge is -2.38. The van der Waals surface area contributed by atoms with Gasteiger partial charge in [0.05, 0.1) is 38.1 Å². The van der Waals surface area contributed by atoms with Gasteiger partial charge < -0.3 is 18.9 Å². The molecule has 0 fully saturated rings. The molecule has 1 amide bonds. The van der Waals surface area contributed by atoms with Crippen molar-refractivity contribution in [2.24, 2.45) is 15.9 Å². The fourth-order valence-electron chi connectivity index (χ4n) is 5.36. The van der Waals surface area contributed by atoms with Gasteiger partial charge in [-0.05, 0) is 49.1 Å². The van der Waals surface area contributed by atoms with Crippen LogP contribution in [0.1, 0.15) is 32.8 Å². The van der Waals surface area contributed by atoms with Crippen molar-refractivity contribution in [3.8, 4) is 17.2 Å². The van der Waals surface area contributed by atoms with Crippen molar-refractivity contribution in [1.29, 1.82) is 0 Å². The normalized spacial score (nSPS) is 14.6. The minimum atomic E-state index is -1.10. The highest BCUT2D eigenvalue weighted by atomic mass is 35.5. The molecule has 0 bridgehead atoms. The van der Waals surface area contributed by atoms with E-state index < -0.39 is 11.6 Å². The molecule has 43 heavy (non-hydrogen) atoms. The number of methoxy groups -OCH3 is 2. The molecule has 1 heterocycles. The zero-order valence-electron chi connectivity index (χ0n) is 25.3. The number of amides is 1. The SMILES string of the molecule is CCOC(=O)COc1ccccc1CC1(C[N+](C=O)(CCC(C)C)c2ccc(OC)c(OC)c2Cl)N=c2ccccc2=N1. The summed E-state index contributed by atoms with van der Waals surface area (Å²) in [5, 5.41) is 1.76. The first kappa shape index (κ1) is 32.0. The Bertz CT molecular complexity index is 1540. The Balaban J connectivity index is 1.85. The molecule has 1 unspecified atom stereocenters. The number of esters is 1. The average Bonchev–Trinajstić information content (AvgIpc) is 3.36. The maximum Gasteiger partial charge on any atom is 0.344 e. The van der Waals surface area contributed by atoms with Crippen molar-refractivity contribution in [3.05, 3.63) is 82.0 Å². The maximum absolute atomic E-state index is 13.4. The van der Waals surface area contributed by atoms with Gasteiger partial charge in [0.25, 0.3) is 0 Å². The summed E-state index contributed by atoms with van der Waals surface area (Å²) in [6, 6.07) is 18.7. The molecule has 9 nitrogen and oxygen atoms in total. The fourth-order valence-corrected chi connectivity index (χ4v) is 5.76. The van der Waals surface area contributed by atoms with E-state index in [0.717, 1.165) is 29.1 Å². The van der Waals surface area contributed by atoms with Gasteiger partial charge in [0, 0.05) is 12.5 Å². The van der Waals surface area contributed by atoms with Crippen LogP contribution in [0.25, 0.3) is 0 Å². The van der Waals surface area contributed by atoms with E-state index in [0.29, 0.717) is 46.8 Å². The number of carbonyl (C=O) groups is 2. The van der Waals surface area contributed by atoms with Gasteiger partial charge in [-0.25, -0.2) is 24.1 Å². The fraction of sp³-hybridized carbons (Fsp3) is 0.394. The highest BCUT2D eigenvalue weighted by Crippen LogP contribution is 2.45. The Hall–Kier alpha value is -3.95. The number of quaternary nitrogens is 1. The van der Waals surface area contributed by atoms with Gasteiger partial charge in [0.15, 0.2) is 23.8 Å². The third kappa shape index (κ3) is 7.17. The van der Waals surface area contributed by atoms with Gasteiger partial charge in [-0.15, -0.1) is 0 Å². The van der Waals surface area contributed by atoms with Crippen LogP contribution in [-0.4, -0.2) is 58.6 Å². The van der Waals surface area contributed by atoms with E-state index in [9.17, 15) is 9.59 Å². The molecule has 0 aromatic heterocycles. The minimum Gasteiger partial charge on any atom is -0.493 e. The third-order valence-corrected chi connectivity index (χ3v) is 7.79. The van der Waals surface area contributed by atoms with Gasteiger partial charge in [0.2, 0.25) is 5.66 Å². The monoisotopic (exact) mass is 608 g/mol. The summed E-state index contributed by atoms with van der Waals surface area (Å²) in [6.45, 7) is 6.66. The molecule has 1 atom stereocenters. The van der Waals surface area contributed by atoms with Crippen molar-refractivity contribution in [2.75, 3.05) is 40.5 Å². The van der Waals surface area contributed by atoms with E-state index in [1.165, 1.54) is 7.11 Å². The van der Waals surface area contributed by atoms with E-state index in [-0.39, 0.29) is 24.2 Å². The molecule has 0 aliphatic carbocycles. The predicted molar refractivity (Wildman–Crippen MR) is 165 cm³/mol. The van der Waals surface area contributed by atoms with Gasteiger partial charge in [-0.1, -0.05) is 55.8 Å². The van der Waals surface area contributed by atoms with Crippen LogP contribution in [-0.2, 0) is 20.7 Å². The number of carbonyl (C=O) groups excluding carboxylic acids is 2. The van der Waals surface area contributed by atoms with Gasteiger partial charge in [-0.3, -0.25) is 0 Å². The highest BCUT2D eigenvalue weighted by Gasteiger charge is 2.46. The predicted octanol–water partition coefficient (Wildman–Crippen LogP) is 4.70. The molecule has 1 aliphatic rings. The number of ether oxygens (including phenoxy) is 4. The highest BCUT2D eigenvalue weighted by molar-refractivity contribution is 6.35. The topological polar surface area (TPSA) is 95.8 Å². The number of rotatable bonds is 15. The van der Waals surface area contributed by atoms with Crippen LogP contribution in [0.5, 0.6) is 17.2 Å². The maximum atomic E-state index is 13.4. The Labute approximate surface area is 257 Å². The first-order valence-corrected chi connectivity index (χ1v) is 14.7. The number of hydrogen-bond acceptors (Lipinski definition) is 8. The summed E-state index contributed by atoms with van der Waals surface area (Å²) in [5.41, 5.74) is 0.266. The average molecular weight is 609 g/mol. The molecule has 0 N–H and O–H groups in total. The second kappa shape index (κ2) is 14.0. The van der Waals surface area contributed by atoms with Crippen LogP contribution in [0.2, 0.25) is 5.02 Å². The van der Waals surface area contributed by atoms with Crippen LogP contribution >= 0.6 is 11.6 Å². The number of para-hydroxylation sites is 3. The van der Waals surface area contributed by atoms with Gasteiger partial charge in [0.1, 0.15) is 17.3 Å². The van der Waals surface area contributed by atoms with Gasteiger partial charge in [-0.2, -0.15) is 0 Å². The molecule has 3 aromatic rings. The molecule has 0 saturated heterocycles. The zero-order chi connectivity index (χ0) is 31.0. The van der Waals surface area contributed by atoms with Gasteiger partial charge >= 0.3 is 12.4 Å². The molecule has 3 aromatic carbocycles. The standard InChI is InChI=1S/C33H39ClN3O6/c1-6-42-30(39)20-43-28-14-10-7-11-24(28)19-33(35-25-12-8-9-13-26(25)36-33)21-37(22-38,18-17-23(2)3)27-15-16-29(40-4)32(41-5)31(27)34/h7-16,22-23H,6,17-21H2,1-5H3/q+1. The Morgan fingerprint density at radius 2 is 1.65 bits per heavy atom. The molecule has 1 aliphatic heterocycles. The van der Waals surface area contributed by atoms with Crippen LogP contribution in [0, 0.1) is 5.92 Å². The minimum absolute atomic E-state index is 0.149. The number of nitrogens with zero attached hydrogens (tertiary/aromatic N) is 3. The number of halogens is 1. The Morgan fingerprint density at radius 3 is 2.26 bits per heavy atom. The van der Waals surface area contributed by atoms with Crippen molar-refractivity contribution in [2.45, 2.75) is 39.3 Å². The summed E-state index contributed by atoms with van der Waals surface area (Å²) in [7, 11) is 3.06. The van der Waals surface area contributed by atoms with Crippen molar-refractivity contribution in [1.82, 2.24) is 4.48 Å². The lowest BCUT2D eigenvalue weighted by molar-refractivity contribution is -0.145. The molecule has 0 saturated carbocycles. The van der Waals surface area contributed by atoms with Crippen molar-refractivity contribution >= 4 is 29.7 Å². The third-order valence-electron chi connectivity index (χ3n) is 7.42. The van der Waals surface area contributed by atoms with E-state index >= 15 is 0 Å². The Morgan fingerprint density at radius 1 is 0.977 bits per heavy atom. The molecular formula is C33H39ClN3O6+. The molecule has 0 spiro atoms. The van der Waals surface area contributed by atoms with E-state index in [1.54, 1.807) is 26.2 Å². The van der Waals surface area contributed by atoms with E-state index in [4.69, 9.17) is 40.5 Å². The first-order valence-electron chi connectivity index (χ1n) is 14.3. The number of benzene rings is 3. The molecule has 10 heteroatoms. The lowest BCUT2D eigenvalue weighted by atomic mass is 9.97. The second-order valence-electron chi connectivity index (χ2n) is 10.9. The zero-order valence-corrected chi connectivity index (χ0v) is 26.1.